The summed E-state index contributed by atoms with van der Waals surface area (Å²) in [6.45, 7) is 0.752. The van der Waals surface area contributed by atoms with E-state index in [-0.39, 0.29) is 0 Å². The first-order valence-corrected chi connectivity index (χ1v) is 6.53. The largest absolute Gasteiger partial charge is 0.495 e. The second kappa shape index (κ2) is 6.24. The lowest BCUT2D eigenvalue weighted by Gasteiger charge is -2.10. The molecule has 0 unspecified atom stereocenters. The van der Waals surface area contributed by atoms with Crippen LogP contribution in [-0.2, 0) is 6.54 Å². The lowest BCUT2D eigenvalue weighted by Crippen LogP contribution is -2.05. The Morgan fingerprint density at radius 1 is 1.16 bits per heavy atom. The zero-order chi connectivity index (χ0) is 13.8. The first kappa shape index (κ1) is 14.1. The van der Waals surface area contributed by atoms with Gasteiger partial charge in [-0.3, -0.25) is 4.98 Å². The Bertz CT molecular complexity index is 588. The standard InChI is InChI=1S/C14H14Cl2N2O/c1-17-6-9-3-10(8-18-7-9)11-4-13(16)14(19-2)5-12(11)15/h3-5,7-8,17H,6H2,1-2H3. The molecular weight excluding hydrogens is 283 g/mol. The third-order valence-corrected chi connectivity index (χ3v) is 3.34. The molecule has 0 aliphatic carbocycles. The molecule has 0 amide bonds. The van der Waals surface area contributed by atoms with Crippen molar-refractivity contribution in [1.82, 2.24) is 10.3 Å². The summed E-state index contributed by atoms with van der Waals surface area (Å²) >= 11 is 12.4. The minimum atomic E-state index is 0.529. The third-order valence-electron chi connectivity index (χ3n) is 2.73. The molecule has 2 rings (SSSR count). The maximum atomic E-state index is 6.26. The van der Waals surface area contributed by atoms with E-state index in [9.17, 15) is 0 Å². The van der Waals surface area contributed by atoms with Crippen molar-refractivity contribution in [1.29, 1.82) is 0 Å². The highest BCUT2D eigenvalue weighted by Gasteiger charge is 2.10. The van der Waals surface area contributed by atoms with Crippen molar-refractivity contribution < 1.29 is 4.74 Å². The molecule has 0 radical (unpaired) electrons. The quantitative estimate of drug-likeness (QED) is 0.932. The highest BCUT2D eigenvalue weighted by atomic mass is 35.5. The number of hydrogen-bond donors (Lipinski definition) is 1. The van der Waals surface area contributed by atoms with Gasteiger partial charge in [-0.25, -0.2) is 0 Å². The van der Waals surface area contributed by atoms with E-state index >= 15 is 0 Å². The average Bonchev–Trinajstić information content (AvgIpc) is 2.41. The predicted molar refractivity (Wildman–Crippen MR) is 79.0 cm³/mol. The van der Waals surface area contributed by atoms with E-state index in [0.29, 0.717) is 15.8 Å². The first-order valence-electron chi connectivity index (χ1n) is 5.77. The van der Waals surface area contributed by atoms with Crippen molar-refractivity contribution in [3.63, 3.8) is 0 Å². The summed E-state index contributed by atoms with van der Waals surface area (Å²) in [6.07, 6.45) is 3.59. The van der Waals surface area contributed by atoms with Gasteiger partial charge in [0.05, 0.1) is 17.2 Å². The topological polar surface area (TPSA) is 34.2 Å². The van der Waals surface area contributed by atoms with Crippen LogP contribution in [0.25, 0.3) is 11.1 Å². The molecule has 0 atom stereocenters. The third kappa shape index (κ3) is 3.18. The summed E-state index contributed by atoms with van der Waals surface area (Å²) < 4.78 is 5.14. The molecule has 0 spiro atoms. The molecule has 100 valence electrons. The van der Waals surface area contributed by atoms with Gasteiger partial charge in [0.1, 0.15) is 5.75 Å². The van der Waals surface area contributed by atoms with E-state index in [1.807, 2.05) is 19.3 Å². The molecule has 0 aliphatic heterocycles. The van der Waals surface area contributed by atoms with Crippen LogP contribution < -0.4 is 10.1 Å². The second-order valence-electron chi connectivity index (χ2n) is 4.08. The van der Waals surface area contributed by atoms with Crippen LogP contribution in [0, 0.1) is 0 Å². The average molecular weight is 297 g/mol. The molecule has 19 heavy (non-hydrogen) atoms. The monoisotopic (exact) mass is 296 g/mol. The maximum Gasteiger partial charge on any atom is 0.138 e. The zero-order valence-electron chi connectivity index (χ0n) is 10.7. The van der Waals surface area contributed by atoms with E-state index < -0.39 is 0 Å². The summed E-state index contributed by atoms with van der Waals surface area (Å²) in [5.74, 6) is 0.565. The lowest BCUT2D eigenvalue weighted by atomic mass is 10.1. The summed E-state index contributed by atoms with van der Waals surface area (Å²) in [7, 11) is 3.45. The van der Waals surface area contributed by atoms with Gasteiger partial charge in [0.25, 0.3) is 0 Å². The Labute approximate surface area is 122 Å². The Hall–Kier alpha value is -1.29. The summed E-state index contributed by atoms with van der Waals surface area (Å²) in [5.41, 5.74) is 2.86. The van der Waals surface area contributed by atoms with Crippen molar-refractivity contribution in [2.45, 2.75) is 6.54 Å². The molecule has 1 aromatic carbocycles. The van der Waals surface area contributed by atoms with Gasteiger partial charge in [-0.2, -0.15) is 0 Å². The fourth-order valence-electron chi connectivity index (χ4n) is 1.84. The highest BCUT2D eigenvalue weighted by Crippen LogP contribution is 2.36. The highest BCUT2D eigenvalue weighted by molar-refractivity contribution is 6.36. The normalized spacial score (nSPS) is 10.5. The molecule has 1 N–H and O–H groups in total. The number of aromatic nitrogens is 1. The van der Waals surface area contributed by atoms with Crippen LogP contribution in [0.3, 0.4) is 0 Å². The van der Waals surface area contributed by atoms with Crippen LogP contribution in [0.1, 0.15) is 5.56 Å². The van der Waals surface area contributed by atoms with Gasteiger partial charge in [-0.05, 0) is 24.7 Å². The van der Waals surface area contributed by atoms with E-state index in [0.717, 1.165) is 23.2 Å². The maximum absolute atomic E-state index is 6.26. The van der Waals surface area contributed by atoms with Crippen molar-refractivity contribution in [2.75, 3.05) is 14.2 Å². The number of benzene rings is 1. The zero-order valence-corrected chi connectivity index (χ0v) is 12.2. The number of pyridine rings is 1. The van der Waals surface area contributed by atoms with Crippen LogP contribution >= 0.6 is 23.2 Å². The van der Waals surface area contributed by atoms with Crippen LogP contribution in [0.2, 0.25) is 10.0 Å². The van der Waals surface area contributed by atoms with Gasteiger partial charge in [-0.1, -0.05) is 23.2 Å². The molecule has 5 heteroatoms. The lowest BCUT2D eigenvalue weighted by molar-refractivity contribution is 0.415. The second-order valence-corrected chi connectivity index (χ2v) is 4.89. The molecule has 1 heterocycles. The molecule has 3 nitrogen and oxygen atoms in total. The Morgan fingerprint density at radius 2 is 1.95 bits per heavy atom. The number of rotatable bonds is 4. The summed E-state index contributed by atoms with van der Waals surface area (Å²) in [4.78, 5) is 4.22. The SMILES string of the molecule is CNCc1cncc(-c2cc(Cl)c(OC)cc2Cl)c1. The van der Waals surface area contributed by atoms with Crippen molar-refractivity contribution in [3.05, 3.63) is 46.2 Å². The van der Waals surface area contributed by atoms with E-state index in [4.69, 9.17) is 27.9 Å². The van der Waals surface area contributed by atoms with Crippen LogP contribution in [-0.4, -0.2) is 19.1 Å². The number of halogens is 2. The number of ether oxygens (including phenoxy) is 1. The van der Waals surface area contributed by atoms with E-state index in [2.05, 4.69) is 10.3 Å². The first-order chi connectivity index (χ1) is 9.15. The Kier molecular flexibility index (Phi) is 4.64. The number of nitrogens with one attached hydrogen (secondary N) is 1. The van der Waals surface area contributed by atoms with Gasteiger partial charge >= 0.3 is 0 Å². The molecule has 0 fully saturated rings. The van der Waals surface area contributed by atoms with E-state index in [1.54, 1.807) is 25.4 Å². The van der Waals surface area contributed by atoms with Gasteiger partial charge in [0.2, 0.25) is 0 Å². The summed E-state index contributed by atoms with van der Waals surface area (Å²) in [6, 6.07) is 5.54. The predicted octanol–water partition coefficient (Wildman–Crippen LogP) is 3.78. The van der Waals surface area contributed by atoms with Gasteiger partial charge in [0.15, 0.2) is 0 Å². The van der Waals surface area contributed by atoms with Gasteiger partial charge in [-0.15, -0.1) is 0 Å². The van der Waals surface area contributed by atoms with Gasteiger partial charge in [0, 0.05) is 36.1 Å². The molecule has 2 aromatic rings. The Balaban J connectivity index is 2.46. The Morgan fingerprint density at radius 3 is 2.63 bits per heavy atom. The van der Waals surface area contributed by atoms with Crippen LogP contribution in [0.5, 0.6) is 5.75 Å². The minimum absolute atomic E-state index is 0.529. The van der Waals surface area contributed by atoms with Gasteiger partial charge < -0.3 is 10.1 Å². The molecule has 0 aliphatic rings. The number of nitrogens with zero attached hydrogens (tertiary/aromatic N) is 1. The van der Waals surface area contributed by atoms with Crippen LogP contribution in [0.15, 0.2) is 30.6 Å². The summed E-state index contributed by atoms with van der Waals surface area (Å²) in [5, 5.41) is 4.20. The minimum Gasteiger partial charge on any atom is -0.495 e. The molecule has 0 bridgehead atoms. The van der Waals surface area contributed by atoms with Crippen molar-refractivity contribution >= 4 is 23.2 Å². The fraction of sp³-hybridized carbons (Fsp3) is 0.214. The van der Waals surface area contributed by atoms with Crippen molar-refractivity contribution in [2.24, 2.45) is 0 Å². The van der Waals surface area contributed by atoms with Crippen LogP contribution in [0.4, 0.5) is 0 Å². The van der Waals surface area contributed by atoms with E-state index in [1.165, 1.54) is 0 Å². The molecular formula is C14H14Cl2N2O. The fourth-order valence-corrected chi connectivity index (χ4v) is 2.35. The molecule has 0 saturated carbocycles. The number of hydrogen-bond acceptors (Lipinski definition) is 3. The van der Waals surface area contributed by atoms with Crippen molar-refractivity contribution in [3.8, 4) is 16.9 Å². The molecule has 0 saturated heterocycles. The smallest absolute Gasteiger partial charge is 0.138 e. The number of methoxy groups -OCH3 is 1. The molecule has 1 aromatic heterocycles.